The molecular weight excluding hydrogens is 474 g/mol. The number of ether oxygens (including phenoxy) is 1. The lowest BCUT2D eigenvalue weighted by Gasteiger charge is -2.24. The zero-order chi connectivity index (χ0) is 22.2. The van der Waals surface area contributed by atoms with Crippen molar-refractivity contribution >= 4 is 43.7 Å². The number of aliphatic hydroxyl groups excluding tert-OH is 2. The third kappa shape index (κ3) is 2.78. The van der Waals surface area contributed by atoms with Crippen molar-refractivity contribution in [1.29, 1.82) is 0 Å². The SMILES string of the molecule is Cc1ncnc2c1ccn2[C@H]1[C@H](O)[C@H](O)[C@]2(COc3ccc4cc(Br)c(N)nc4c3)C[C@H]12. The van der Waals surface area contributed by atoms with Gasteiger partial charge in [-0.1, -0.05) is 0 Å². The Labute approximate surface area is 192 Å². The summed E-state index contributed by atoms with van der Waals surface area (Å²) >= 11 is 3.40. The van der Waals surface area contributed by atoms with Gasteiger partial charge in [-0.05, 0) is 59.5 Å². The van der Waals surface area contributed by atoms with E-state index in [-0.39, 0.29) is 12.0 Å². The van der Waals surface area contributed by atoms with Crippen molar-refractivity contribution in [3.63, 3.8) is 0 Å². The number of anilines is 1. The number of aliphatic hydroxyl groups is 2. The van der Waals surface area contributed by atoms with Crippen molar-refractivity contribution in [2.45, 2.75) is 31.6 Å². The van der Waals surface area contributed by atoms with Gasteiger partial charge in [0.15, 0.2) is 0 Å². The molecule has 0 saturated heterocycles. The Bertz CT molecular complexity index is 1370. The second-order valence-corrected chi connectivity index (χ2v) is 9.74. The Kier molecular flexibility index (Phi) is 4.27. The topological polar surface area (TPSA) is 119 Å². The second-order valence-electron chi connectivity index (χ2n) is 8.89. The Balaban J connectivity index is 1.26. The maximum atomic E-state index is 11.0. The van der Waals surface area contributed by atoms with E-state index in [9.17, 15) is 10.2 Å². The molecule has 2 saturated carbocycles. The Morgan fingerprint density at radius 2 is 2.09 bits per heavy atom. The fourth-order valence-electron chi connectivity index (χ4n) is 5.31. The minimum atomic E-state index is -0.890. The molecule has 5 atom stereocenters. The van der Waals surface area contributed by atoms with E-state index in [1.807, 2.05) is 48.0 Å². The summed E-state index contributed by atoms with van der Waals surface area (Å²) in [5.41, 5.74) is 7.84. The van der Waals surface area contributed by atoms with Gasteiger partial charge in [-0.2, -0.15) is 0 Å². The number of nitrogens with zero attached hydrogens (tertiary/aromatic N) is 4. The number of nitrogen functional groups attached to an aromatic ring is 1. The summed E-state index contributed by atoms with van der Waals surface area (Å²) in [6.45, 7) is 2.26. The van der Waals surface area contributed by atoms with Crippen LogP contribution in [0.5, 0.6) is 5.75 Å². The lowest BCUT2D eigenvalue weighted by atomic mass is 10.0. The van der Waals surface area contributed by atoms with Crippen molar-refractivity contribution < 1.29 is 14.9 Å². The number of nitrogens with two attached hydrogens (primary N) is 1. The molecule has 164 valence electrons. The number of rotatable bonds is 4. The van der Waals surface area contributed by atoms with Crippen molar-refractivity contribution in [2.75, 3.05) is 12.3 Å². The molecule has 0 unspecified atom stereocenters. The van der Waals surface area contributed by atoms with Crippen molar-refractivity contribution in [3.05, 3.63) is 53.0 Å². The first-order valence-corrected chi connectivity index (χ1v) is 11.3. The standard InChI is InChI=1S/C23H22BrN5O3/c1-11-14-4-5-29(22(14)27-10-26-11)18-15-8-23(15,20(31)19(18)30)9-32-13-3-2-12-6-16(24)21(25)28-17(12)7-13/h2-7,10,15,18-20,30-31H,8-9H2,1H3,(H2,25,28)/t15-,18-,19+,20+,23+/m1/s1. The van der Waals surface area contributed by atoms with Crippen LogP contribution in [0.2, 0.25) is 0 Å². The van der Waals surface area contributed by atoms with Crippen LogP contribution < -0.4 is 10.5 Å². The molecular formula is C23H22BrN5O3. The maximum Gasteiger partial charge on any atom is 0.143 e. The van der Waals surface area contributed by atoms with Crippen LogP contribution in [0.1, 0.15) is 18.2 Å². The molecule has 0 spiro atoms. The summed E-state index contributed by atoms with van der Waals surface area (Å²) in [5.74, 6) is 1.18. The third-order valence-electron chi connectivity index (χ3n) is 7.16. The lowest BCUT2D eigenvalue weighted by molar-refractivity contribution is -0.0273. The number of hydrogen-bond acceptors (Lipinski definition) is 7. The summed E-state index contributed by atoms with van der Waals surface area (Å²) in [4.78, 5) is 13.1. The largest absolute Gasteiger partial charge is 0.493 e. The first kappa shape index (κ1) is 19.9. The number of halogens is 1. The number of pyridine rings is 1. The predicted molar refractivity (Wildman–Crippen MR) is 123 cm³/mol. The molecule has 2 aliphatic carbocycles. The van der Waals surface area contributed by atoms with Gasteiger partial charge < -0.3 is 25.3 Å². The average molecular weight is 496 g/mol. The zero-order valence-corrected chi connectivity index (χ0v) is 18.9. The van der Waals surface area contributed by atoms with Gasteiger partial charge in [0.05, 0.1) is 34.4 Å². The van der Waals surface area contributed by atoms with Crippen molar-refractivity contribution in [1.82, 2.24) is 19.5 Å². The first-order chi connectivity index (χ1) is 15.4. The second kappa shape index (κ2) is 6.87. The van der Waals surface area contributed by atoms with Crippen LogP contribution in [-0.2, 0) is 0 Å². The molecule has 3 aromatic heterocycles. The van der Waals surface area contributed by atoms with Crippen LogP contribution in [0, 0.1) is 18.3 Å². The van der Waals surface area contributed by atoms with Gasteiger partial charge in [0.2, 0.25) is 0 Å². The Morgan fingerprint density at radius 3 is 2.94 bits per heavy atom. The fraction of sp³-hybridized carbons (Fsp3) is 0.348. The van der Waals surface area contributed by atoms with E-state index in [0.717, 1.165) is 38.5 Å². The van der Waals surface area contributed by atoms with Crippen LogP contribution in [0.3, 0.4) is 0 Å². The molecule has 0 aliphatic heterocycles. The highest BCUT2D eigenvalue weighted by atomic mass is 79.9. The van der Waals surface area contributed by atoms with E-state index in [1.54, 1.807) is 0 Å². The van der Waals surface area contributed by atoms with Gasteiger partial charge in [-0.25, -0.2) is 15.0 Å². The monoisotopic (exact) mass is 495 g/mol. The van der Waals surface area contributed by atoms with E-state index in [0.29, 0.717) is 18.2 Å². The Hall–Kier alpha value is -2.75. The number of benzene rings is 1. The highest BCUT2D eigenvalue weighted by Crippen LogP contribution is 2.67. The molecule has 0 radical (unpaired) electrons. The highest BCUT2D eigenvalue weighted by Gasteiger charge is 2.72. The minimum absolute atomic E-state index is 0.101. The molecule has 2 fully saturated rings. The summed E-state index contributed by atoms with van der Waals surface area (Å²) < 4.78 is 8.84. The molecule has 0 amide bonds. The molecule has 4 N–H and O–H groups in total. The maximum absolute atomic E-state index is 11.0. The van der Waals surface area contributed by atoms with Crippen LogP contribution in [-0.4, -0.2) is 48.5 Å². The van der Waals surface area contributed by atoms with Gasteiger partial charge in [0.25, 0.3) is 0 Å². The van der Waals surface area contributed by atoms with Gasteiger partial charge in [-0.3, -0.25) is 0 Å². The van der Waals surface area contributed by atoms with Crippen LogP contribution in [0.4, 0.5) is 5.82 Å². The number of hydrogen-bond donors (Lipinski definition) is 3. The predicted octanol–water partition coefficient (Wildman–Crippen LogP) is 2.99. The normalized spacial score (nSPS) is 28.9. The van der Waals surface area contributed by atoms with Crippen molar-refractivity contribution in [2.24, 2.45) is 11.3 Å². The molecule has 1 aromatic carbocycles. The fourth-order valence-corrected chi connectivity index (χ4v) is 5.64. The molecule has 8 nitrogen and oxygen atoms in total. The average Bonchev–Trinajstić information content (AvgIpc) is 3.27. The molecule has 4 aromatic rings. The number of fused-ring (bicyclic) bond motifs is 3. The van der Waals surface area contributed by atoms with Gasteiger partial charge in [0, 0.05) is 28.5 Å². The van der Waals surface area contributed by atoms with E-state index < -0.39 is 17.6 Å². The smallest absolute Gasteiger partial charge is 0.143 e. The van der Waals surface area contributed by atoms with Gasteiger partial charge >= 0.3 is 0 Å². The number of aryl methyl sites for hydroxylation is 1. The quantitative estimate of drug-likeness (QED) is 0.398. The third-order valence-corrected chi connectivity index (χ3v) is 7.80. The van der Waals surface area contributed by atoms with E-state index in [1.165, 1.54) is 6.33 Å². The Morgan fingerprint density at radius 1 is 1.25 bits per heavy atom. The summed E-state index contributed by atoms with van der Waals surface area (Å²) in [7, 11) is 0. The minimum Gasteiger partial charge on any atom is -0.493 e. The molecule has 2 aliphatic rings. The highest BCUT2D eigenvalue weighted by molar-refractivity contribution is 9.10. The van der Waals surface area contributed by atoms with E-state index in [2.05, 4.69) is 30.9 Å². The molecule has 6 rings (SSSR count). The van der Waals surface area contributed by atoms with Crippen LogP contribution in [0.25, 0.3) is 21.9 Å². The molecule has 9 heteroatoms. The zero-order valence-electron chi connectivity index (χ0n) is 17.3. The summed E-state index contributed by atoms with van der Waals surface area (Å²) in [6, 6.07) is 9.30. The molecule has 32 heavy (non-hydrogen) atoms. The summed E-state index contributed by atoms with van der Waals surface area (Å²) in [5, 5.41) is 23.8. The molecule has 0 bridgehead atoms. The van der Waals surface area contributed by atoms with E-state index >= 15 is 0 Å². The van der Waals surface area contributed by atoms with Gasteiger partial charge in [0.1, 0.15) is 29.6 Å². The summed E-state index contributed by atoms with van der Waals surface area (Å²) in [6.07, 6.45) is 2.49. The van der Waals surface area contributed by atoms with Gasteiger partial charge in [-0.15, -0.1) is 0 Å². The van der Waals surface area contributed by atoms with E-state index in [4.69, 9.17) is 10.5 Å². The van der Waals surface area contributed by atoms with Crippen LogP contribution >= 0.6 is 15.9 Å². The van der Waals surface area contributed by atoms with Crippen molar-refractivity contribution in [3.8, 4) is 5.75 Å². The lowest BCUT2D eigenvalue weighted by Crippen LogP contribution is -2.36. The first-order valence-electron chi connectivity index (χ1n) is 10.5. The molecule has 3 heterocycles. The number of aromatic nitrogens is 4. The van der Waals surface area contributed by atoms with Crippen LogP contribution in [0.15, 0.2) is 47.3 Å².